The van der Waals surface area contributed by atoms with Gasteiger partial charge in [-0.25, -0.2) is 8.78 Å². The molecule has 1 aromatic rings. The van der Waals surface area contributed by atoms with Gasteiger partial charge in [0.15, 0.2) is 11.6 Å². The van der Waals surface area contributed by atoms with Gasteiger partial charge in [0.05, 0.1) is 19.1 Å². The number of hydrogen-bond donors (Lipinski definition) is 2. The summed E-state index contributed by atoms with van der Waals surface area (Å²) in [7, 11) is 1.55. The molecule has 0 spiro atoms. The van der Waals surface area contributed by atoms with Crippen molar-refractivity contribution in [3.8, 4) is 0 Å². The summed E-state index contributed by atoms with van der Waals surface area (Å²) in [5, 5.41) is 11.6. The Balaban J connectivity index is 2.09. The Kier molecular flexibility index (Phi) is 6.22. The average Bonchev–Trinajstić information content (AvgIpc) is 2.54. The third-order valence-corrected chi connectivity index (χ3v) is 4.04. The summed E-state index contributed by atoms with van der Waals surface area (Å²) in [5.74, 6) is -2.40. The number of rotatable bonds is 6. The number of halogens is 2. The zero-order valence-corrected chi connectivity index (χ0v) is 13.5. The fourth-order valence-corrected chi connectivity index (χ4v) is 2.64. The summed E-state index contributed by atoms with van der Waals surface area (Å²) >= 11 is 0. The van der Waals surface area contributed by atoms with Crippen molar-refractivity contribution in [3.05, 3.63) is 35.4 Å². The van der Waals surface area contributed by atoms with Gasteiger partial charge in [-0.2, -0.15) is 0 Å². The Morgan fingerprint density at radius 2 is 2.17 bits per heavy atom. The molecule has 1 aliphatic rings. The van der Waals surface area contributed by atoms with Crippen LogP contribution in [0.25, 0.3) is 0 Å². The lowest BCUT2D eigenvalue weighted by Gasteiger charge is -2.35. The number of nitrogens with one attached hydrogen (secondary N) is 1. The highest BCUT2D eigenvalue weighted by Gasteiger charge is 2.32. The molecule has 1 fully saturated rings. The molecule has 2 rings (SSSR count). The molecule has 24 heavy (non-hydrogen) atoms. The van der Waals surface area contributed by atoms with Gasteiger partial charge in [-0.15, -0.1) is 0 Å². The van der Waals surface area contributed by atoms with E-state index in [1.807, 2.05) is 0 Å². The third kappa shape index (κ3) is 4.48. The summed E-state index contributed by atoms with van der Waals surface area (Å²) in [6.45, 7) is 1.21. The molecule has 1 aromatic carbocycles. The van der Waals surface area contributed by atoms with Crippen LogP contribution in [0.2, 0.25) is 0 Å². The normalized spacial score (nSPS) is 18.3. The van der Waals surface area contributed by atoms with E-state index < -0.39 is 17.7 Å². The van der Waals surface area contributed by atoms with Crippen LogP contribution in [-0.4, -0.2) is 66.1 Å². The van der Waals surface area contributed by atoms with E-state index in [1.165, 1.54) is 11.0 Å². The first-order chi connectivity index (χ1) is 11.4. The lowest BCUT2D eigenvalue weighted by molar-refractivity contribution is -0.138. The van der Waals surface area contributed by atoms with Gasteiger partial charge >= 0.3 is 0 Å². The number of likely N-dealkylation sites (N-methyl/N-ethyl adjacent to an activating group) is 1. The van der Waals surface area contributed by atoms with Gasteiger partial charge in [0, 0.05) is 33.2 Å². The molecule has 0 bridgehead atoms. The van der Waals surface area contributed by atoms with Crippen molar-refractivity contribution in [1.82, 2.24) is 15.1 Å². The molecular formula is C16H21F2N3O3. The quantitative estimate of drug-likeness (QED) is 0.770. The minimum Gasteiger partial charge on any atom is -0.395 e. The highest BCUT2D eigenvalue weighted by Crippen LogP contribution is 2.16. The number of carbonyl (C=O) groups excluding carboxylic acids is 2. The van der Waals surface area contributed by atoms with Crippen LogP contribution < -0.4 is 5.32 Å². The van der Waals surface area contributed by atoms with Crippen molar-refractivity contribution in [2.75, 3.05) is 33.3 Å². The third-order valence-electron chi connectivity index (χ3n) is 4.04. The summed E-state index contributed by atoms with van der Waals surface area (Å²) in [6.07, 6.45) is -0.0357. The van der Waals surface area contributed by atoms with E-state index in [0.717, 1.165) is 12.1 Å². The van der Waals surface area contributed by atoms with Crippen molar-refractivity contribution in [2.45, 2.75) is 19.0 Å². The largest absolute Gasteiger partial charge is 0.395 e. The van der Waals surface area contributed by atoms with E-state index in [1.54, 1.807) is 11.9 Å². The number of aliphatic hydroxyl groups is 1. The van der Waals surface area contributed by atoms with Gasteiger partial charge in [0.2, 0.25) is 11.8 Å². The van der Waals surface area contributed by atoms with Crippen molar-refractivity contribution in [3.63, 3.8) is 0 Å². The lowest BCUT2D eigenvalue weighted by atomic mass is 10.1. The van der Waals surface area contributed by atoms with Gasteiger partial charge in [0.1, 0.15) is 0 Å². The molecule has 6 nitrogen and oxygen atoms in total. The van der Waals surface area contributed by atoms with Crippen molar-refractivity contribution >= 4 is 11.8 Å². The monoisotopic (exact) mass is 341 g/mol. The minimum absolute atomic E-state index is 0.0357. The average molecular weight is 341 g/mol. The van der Waals surface area contributed by atoms with Crippen LogP contribution in [0.5, 0.6) is 0 Å². The number of benzene rings is 1. The molecule has 0 aliphatic carbocycles. The fraction of sp³-hybridized carbons (Fsp3) is 0.500. The first-order valence-corrected chi connectivity index (χ1v) is 7.73. The van der Waals surface area contributed by atoms with Gasteiger partial charge in [0.25, 0.3) is 0 Å². The molecule has 1 saturated heterocycles. The predicted molar refractivity (Wildman–Crippen MR) is 82.9 cm³/mol. The van der Waals surface area contributed by atoms with Crippen molar-refractivity contribution in [1.29, 1.82) is 0 Å². The second-order valence-electron chi connectivity index (χ2n) is 5.77. The zero-order valence-electron chi connectivity index (χ0n) is 13.5. The second kappa shape index (κ2) is 8.16. The van der Waals surface area contributed by atoms with Crippen LogP contribution in [0.15, 0.2) is 18.2 Å². The summed E-state index contributed by atoms with van der Waals surface area (Å²) in [4.78, 5) is 27.4. The van der Waals surface area contributed by atoms with Crippen LogP contribution in [0, 0.1) is 11.6 Å². The molecule has 1 heterocycles. The highest BCUT2D eigenvalue weighted by molar-refractivity contribution is 5.88. The van der Waals surface area contributed by atoms with Gasteiger partial charge in [-0.3, -0.25) is 14.5 Å². The molecule has 2 amide bonds. The summed E-state index contributed by atoms with van der Waals surface area (Å²) in [6, 6.07) is 2.92. The predicted octanol–water partition coefficient (Wildman–Crippen LogP) is 0.106. The number of carbonyl (C=O) groups is 2. The van der Waals surface area contributed by atoms with Crippen molar-refractivity contribution in [2.24, 2.45) is 0 Å². The van der Waals surface area contributed by atoms with Crippen LogP contribution >= 0.6 is 0 Å². The first-order valence-electron chi connectivity index (χ1n) is 7.73. The Bertz CT molecular complexity index is 612. The highest BCUT2D eigenvalue weighted by atomic mass is 19.2. The van der Waals surface area contributed by atoms with Crippen LogP contribution in [-0.2, 0) is 16.1 Å². The van der Waals surface area contributed by atoms with E-state index in [0.29, 0.717) is 18.7 Å². The maximum absolute atomic E-state index is 13.4. The fourth-order valence-electron chi connectivity index (χ4n) is 2.64. The molecule has 0 saturated carbocycles. The summed E-state index contributed by atoms with van der Waals surface area (Å²) in [5.41, 5.74) is 0.532. The minimum atomic E-state index is -0.940. The lowest BCUT2D eigenvalue weighted by Crippen LogP contribution is -2.56. The Morgan fingerprint density at radius 1 is 1.42 bits per heavy atom. The zero-order chi connectivity index (χ0) is 17.7. The number of amides is 2. The Labute approximate surface area is 139 Å². The first kappa shape index (κ1) is 18.3. The number of piperazine rings is 1. The number of hydrogen-bond acceptors (Lipinski definition) is 4. The van der Waals surface area contributed by atoms with Gasteiger partial charge < -0.3 is 15.3 Å². The molecule has 8 heteroatoms. The van der Waals surface area contributed by atoms with E-state index in [4.69, 9.17) is 5.11 Å². The van der Waals surface area contributed by atoms with Crippen LogP contribution in [0.1, 0.15) is 12.0 Å². The maximum Gasteiger partial charge on any atom is 0.237 e. The maximum atomic E-state index is 13.4. The topological polar surface area (TPSA) is 72.9 Å². The van der Waals surface area contributed by atoms with Crippen LogP contribution in [0.3, 0.4) is 0 Å². The molecule has 2 N–H and O–H groups in total. The van der Waals surface area contributed by atoms with Crippen molar-refractivity contribution < 1.29 is 23.5 Å². The van der Waals surface area contributed by atoms with E-state index in [9.17, 15) is 18.4 Å². The number of aliphatic hydroxyl groups excluding tert-OH is 1. The van der Waals surface area contributed by atoms with E-state index >= 15 is 0 Å². The smallest absolute Gasteiger partial charge is 0.237 e. The van der Waals surface area contributed by atoms with Crippen LogP contribution in [0.4, 0.5) is 8.78 Å². The van der Waals surface area contributed by atoms with Gasteiger partial charge in [-0.1, -0.05) is 6.07 Å². The number of nitrogens with zero attached hydrogens (tertiary/aromatic N) is 2. The SMILES string of the molecule is CN(CCO)C(=O)C[C@H]1C(=O)NCCN1Cc1ccc(F)c(F)c1. The standard InChI is InChI=1S/C16H21F2N3O3/c1-20(6-7-22)15(23)9-14-16(24)19-4-5-21(14)10-11-2-3-12(17)13(18)8-11/h2-3,8,14,22H,4-7,9-10H2,1H3,(H,19,24)/t14-/m0/s1. The molecule has 0 radical (unpaired) electrons. The molecule has 0 aromatic heterocycles. The second-order valence-corrected chi connectivity index (χ2v) is 5.77. The van der Waals surface area contributed by atoms with E-state index in [2.05, 4.69) is 5.32 Å². The van der Waals surface area contributed by atoms with Gasteiger partial charge in [-0.05, 0) is 17.7 Å². The molecule has 132 valence electrons. The molecular weight excluding hydrogens is 320 g/mol. The molecule has 1 aliphatic heterocycles. The van der Waals surface area contributed by atoms with E-state index in [-0.39, 0.29) is 37.9 Å². The summed E-state index contributed by atoms with van der Waals surface area (Å²) < 4.78 is 26.4. The molecule has 1 atom stereocenters. The molecule has 0 unspecified atom stereocenters. The Hall–Kier alpha value is -2.06. The Morgan fingerprint density at radius 3 is 2.83 bits per heavy atom.